The smallest absolute Gasteiger partial charge is 0.218 e. The summed E-state index contributed by atoms with van der Waals surface area (Å²) < 4.78 is 11.9. The third kappa shape index (κ3) is 7.84. The lowest BCUT2D eigenvalue weighted by molar-refractivity contribution is -0.0284. The van der Waals surface area contributed by atoms with Crippen LogP contribution in [0.5, 0.6) is 5.88 Å². The number of aromatic nitrogens is 1. The Balaban J connectivity index is 1.47. The summed E-state index contributed by atoms with van der Waals surface area (Å²) in [4.78, 5) is 11.2. The maximum atomic E-state index is 5.95. The summed E-state index contributed by atoms with van der Waals surface area (Å²) >= 11 is 0. The minimum Gasteiger partial charge on any atom is -0.473 e. The average molecular weight is 426 g/mol. The SMILES string of the molecule is CN=C(NCc1cccnc1OCc1ccccc1)NCC1CN(CC(C)C)CCO1. The molecule has 31 heavy (non-hydrogen) atoms. The van der Waals surface area contributed by atoms with Crippen molar-refractivity contribution in [3.63, 3.8) is 0 Å². The van der Waals surface area contributed by atoms with Crippen LogP contribution in [0, 0.1) is 5.92 Å². The van der Waals surface area contributed by atoms with Gasteiger partial charge in [0.05, 0.1) is 12.7 Å². The molecule has 0 radical (unpaired) electrons. The van der Waals surface area contributed by atoms with Crippen molar-refractivity contribution in [1.82, 2.24) is 20.5 Å². The molecule has 1 unspecified atom stereocenters. The molecular weight excluding hydrogens is 390 g/mol. The number of pyridine rings is 1. The Labute approximate surface area is 185 Å². The Morgan fingerprint density at radius 1 is 1.23 bits per heavy atom. The first-order chi connectivity index (χ1) is 15.1. The van der Waals surface area contributed by atoms with Gasteiger partial charge in [-0.25, -0.2) is 4.98 Å². The molecule has 168 valence electrons. The quantitative estimate of drug-likeness (QED) is 0.476. The summed E-state index contributed by atoms with van der Waals surface area (Å²) in [5.41, 5.74) is 2.10. The van der Waals surface area contributed by atoms with Gasteiger partial charge in [0.25, 0.3) is 0 Å². The average Bonchev–Trinajstić information content (AvgIpc) is 2.79. The zero-order valence-electron chi connectivity index (χ0n) is 18.9. The predicted molar refractivity (Wildman–Crippen MR) is 124 cm³/mol. The Morgan fingerprint density at radius 2 is 2.06 bits per heavy atom. The highest BCUT2D eigenvalue weighted by Gasteiger charge is 2.21. The van der Waals surface area contributed by atoms with E-state index < -0.39 is 0 Å². The first-order valence-electron chi connectivity index (χ1n) is 11.0. The molecule has 3 rings (SSSR count). The maximum absolute atomic E-state index is 5.95. The molecule has 7 nitrogen and oxygen atoms in total. The highest BCUT2D eigenvalue weighted by atomic mass is 16.5. The molecule has 1 saturated heterocycles. The predicted octanol–water partition coefficient (Wildman–Crippen LogP) is 2.68. The Kier molecular flexibility index (Phi) is 9.12. The fourth-order valence-corrected chi connectivity index (χ4v) is 3.61. The van der Waals surface area contributed by atoms with E-state index in [1.54, 1.807) is 13.2 Å². The molecule has 1 fully saturated rings. The lowest BCUT2D eigenvalue weighted by Crippen LogP contribution is -2.50. The van der Waals surface area contributed by atoms with E-state index in [0.29, 0.717) is 24.9 Å². The summed E-state index contributed by atoms with van der Waals surface area (Å²) in [5, 5.41) is 6.74. The first-order valence-corrected chi connectivity index (χ1v) is 11.0. The number of aliphatic imine (C=N–C) groups is 1. The molecule has 0 saturated carbocycles. The monoisotopic (exact) mass is 425 g/mol. The van der Waals surface area contributed by atoms with Crippen LogP contribution in [0.15, 0.2) is 53.7 Å². The van der Waals surface area contributed by atoms with E-state index in [9.17, 15) is 0 Å². The number of nitrogens with zero attached hydrogens (tertiary/aromatic N) is 3. The summed E-state index contributed by atoms with van der Waals surface area (Å²) in [7, 11) is 1.78. The highest BCUT2D eigenvalue weighted by molar-refractivity contribution is 5.79. The lowest BCUT2D eigenvalue weighted by Gasteiger charge is -2.34. The largest absolute Gasteiger partial charge is 0.473 e. The zero-order chi connectivity index (χ0) is 21.9. The van der Waals surface area contributed by atoms with E-state index in [4.69, 9.17) is 9.47 Å². The summed E-state index contributed by atoms with van der Waals surface area (Å²) in [5.74, 6) is 2.04. The van der Waals surface area contributed by atoms with Crippen molar-refractivity contribution in [2.24, 2.45) is 10.9 Å². The summed E-state index contributed by atoms with van der Waals surface area (Å²) in [6.07, 6.45) is 1.91. The summed E-state index contributed by atoms with van der Waals surface area (Å²) in [6.45, 7) is 10.1. The Hall–Kier alpha value is -2.64. The van der Waals surface area contributed by atoms with Gasteiger partial charge in [-0.05, 0) is 17.5 Å². The van der Waals surface area contributed by atoms with Gasteiger partial charge in [0.15, 0.2) is 5.96 Å². The van der Waals surface area contributed by atoms with Crippen LogP contribution in [0.1, 0.15) is 25.0 Å². The van der Waals surface area contributed by atoms with Crippen molar-refractivity contribution in [3.05, 3.63) is 59.8 Å². The van der Waals surface area contributed by atoms with E-state index in [-0.39, 0.29) is 6.10 Å². The number of nitrogens with one attached hydrogen (secondary N) is 2. The molecule has 0 aliphatic carbocycles. The minimum atomic E-state index is 0.161. The van der Waals surface area contributed by atoms with Crippen LogP contribution in [0.4, 0.5) is 0 Å². The molecule has 2 N–H and O–H groups in total. The molecule has 0 bridgehead atoms. The van der Waals surface area contributed by atoms with Crippen LogP contribution in [0.3, 0.4) is 0 Å². The third-order valence-corrected chi connectivity index (χ3v) is 5.08. The van der Waals surface area contributed by atoms with Gasteiger partial charge in [-0.2, -0.15) is 0 Å². The molecule has 1 aromatic carbocycles. The van der Waals surface area contributed by atoms with Gasteiger partial charge in [0.2, 0.25) is 5.88 Å². The number of benzene rings is 1. The normalized spacial score (nSPS) is 17.5. The highest BCUT2D eigenvalue weighted by Crippen LogP contribution is 2.16. The van der Waals surface area contributed by atoms with Crippen LogP contribution >= 0.6 is 0 Å². The first kappa shape index (κ1) is 23.0. The second-order valence-electron chi connectivity index (χ2n) is 8.19. The Bertz CT molecular complexity index is 813. The molecule has 2 aromatic rings. The summed E-state index contributed by atoms with van der Waals surface area (Å²) in [6, 6.07) is 14.0. The molecule has 0 spiro atoms. The van der Waals surface area contributed by atoms with Gasteiger partial charge in [-0.1, -0.05) is 50.2 Å². The van der Waals surface area contributed by atoms with Crippen LogP contribution in [-0.4, -0.2) is 61.8 Å². The standard InChI is InChI=1S/C24H35N5O2/c1-19(2)16-29-12-13-30-22(17-29)15-28-24(25-3)27-14-21-10-7-11-26-23(21)31-18-20-8-5-4-6-9-20/h4-11,19,22H,12-18H2,1-3H3,(H2,25,27,28). The van der Waals surface area contributed by atoms with E-state index in [0.717, 1.165) is 49.9 Å². The van der Waals surface area contributed by atoms with Crippen LogP contribution in [0.25, 0.3) is 0 Å². The van der Waals surface area contributed by atoms with Gasteiger partial charge >= 0.3 is 0 Å². The van der Waals surface area contributed by atoms with Gasteiger partial charge in [-0.3, -0.25) is 9.89 Å². The van der Waals surface area contributed by atoms with Gasteiger partial charge < -0.3 is 20.1 Å². The number of morpholine rings is 1. The van der Waals surface area contributed by atoms with Gasteiger partial charge in [0.1, 0.15) is 6.61 Å². The lowest BCUT2D eigenvalue weighted by atomic mass is 10.2. The van der Waals surface area contributed by atoms with E-state index in [1.807, 2.05) is 42.5 Å². The van der Waals surface area contributed by atoms with Crippen molar-refractivity contribution < 1.29 is 9.47 Å². The number of hydrogen-bond donors (Lipinski definition) is 2. The number of rotatable bonds is 9. The molecule has 7 heteroatoms. The van der Waals surface area contributed by atoms with Crippen molar-refractivity contribution in [3.8, 4) is 5.88 Å². The molecule has 1 atom stereocenters. The van der Waals surface area contributed by atoms with Crippen molar-refractivity contribution in [2.45, 2.75) is 33.1 Å². The third-order valence-electron chi connectivity index (χ3n) is 5.08. The minimum absolute atomic E-state index is 0.161. The topological polar surface area (TPSA) is 71.0 Å². The second kappa shape index (κ2) is 12.3. The molecular formula is C24H35N5O2. The molecule has 2 heterocycles. The fraction of sp³-hybridized carbons (Fsp3) is 0.500. The molecule has 0 amide bonds. The molecule has 1 aliphatic heterocycles. The van der Waals surface area contributed by atoms with Crippen LogP contribution in [-0.2, 0) is 17.9 Å². The van der Waals surface area contributed by atoms with Gasteiger partial charge in [-0.15, -0.1) is 0 Å². The van der Waals surface area contributed by atoms with Crippen molar-refractivity contribution >= 4 is 5.96 Å². The zero-order valence-corrected chi connectivity index (χ0v) is 18.9. The van der Waals surface area contributed by atoms with Crippen LogP contribution < -0.4 is 15.4 Å². The van der Waals surface area contributed by atoms with E-state index >= 15 is 0 Å². The van der Waals surface area contributed by atoms with E-state index in [1.165, 1.54) is 0 Å². The Morgan fingerprint density at radius 3 is 2.84 bits per heavy atom. The van der Waals surface area contributed by atoms with E-state index in [2.05, 4.69) is 39.4 Å². The number of guanidine groups is 1. The second-order valence-corrected chi connectivity index (χ2v) is 8.19. The van der Waals surface area contributed by atoms with Gasteiger partial charge in [0, 0.05) is 51.5 Å². The molecule has 1 aromatic heterocycles. The van der Waals surface area contributed by atoms with Crippen LogP contribution in [0.2, 0.25) is 0 Å². The number of ether oxygens (including phenoxy) is 2. The maximum Gasteiger partial charge on any atom is 0.218 e. The van der Waals surface area contributed by atoms with Crippen molar-refractivity contribution in [1.29, 1.82) is 0 Å². The van der Waals surface area contributed by atoms with Crippen molar-refractivity contribution in [2.75, 3.05) is 39.8 Å². The fourth-order valence-electron chi connectivity index (χ4n) is 3.61. The molecule has 1 aliphatic rings. The number of hydrogen-bond acceptors (Lipinski definition) is 5.